The van der Waals surface area contributed by atoms with Crippen LogP contribution < -0.4 is 14.8 Å². The molecule has 6 nitrogen and oxygen atoms in total. The Morgan fingerprint density at radius 2 is 1.91 bits per heavy atom. The molecule has 2 rings (SSSR count). The number of carbonyl (C=O) groups is 1. The molecular formula is C15H18N2O4S2. The topological polar surface area (TPSA) is 84.5 Å². The van der Waals surface area contributed by atoms with Gasteiger partial charge in [-0.1, -0.05) is 0 Å². The number of anilines is 1. The average Bonchev–Trinajstić information content (AvgIpc) is 3.00. The van der Waals surface area contributed by atoms with E-state index in [1.54, 1.807) is 31.2 Å². The molecule has 0 aliphatic carbocycles. The Kier molecular flexibility index (Phi) is 5.62. The van der Waals surface area contributed by atoms with Gasteiger partial charge in [0.25, 0.3) is 15.9 Å². The first-order valence-electron chi connectivity index (χ1n) is 7.08. The minimum absolute atomic E-state index is 0.0673. The van der Waals surface area contributed by atoms with Crippen LogP contribution in [0.15, 0.2) is 40.6 Å². The van der Waals surface area contributed by atoms with E-state index in [4.69, 9.17) is 4.74 Å². The lowest BCUT2D eigenvalue weighted by molar-refractivity contribution is 0.0959. The lowest BCUT2D eigenvalue weighted by atomic mass is 10.3. The fourth-order valence-electron chi connectivity index (χ4n) is 1.83. The van der Waals surface area contributed by atoms with Gasteiger partial charge in [-0.2, -0.15) is 0 Å². The van der Waals surface area contributed by atoms with Crippen LogP contribution in [0, 0.1) is 0 Å². The normalized spacial score (nSPS) is 11.0. The monoisotopic (exact) mass is 354 g/mol. The van der Waals surface area contributed by atoms with Crippen LogP contribution in [0.1, 0.15) is 23.5 Å². The van der Waals surface area contributed by atoms with E-state index >= 15 is 0 Å². The van der Waals surface area contributed by atoms with Crippen molar-refractivity contribution in [3.63, 3.8) is 0 Å². The maximum Gasteiger partial charge on any atom is 0.262 e. The van der Waals surface area contributed by atoms with E-state index in [0.717, 1.165) is 11.3 Å². The smallest absolute Gasteiger partial charge is 0.262 e. The molecule has 2 N–H and O–H groups in total. The quantitative estimate of drug-likeness (QED) is 0.801. The molecule has 0 radical (unpaired) electrons. The van der Waals surface area contributed by atoms with Crippen LogP contribution in [0.3, 0.4) is 0 Å². The van der Waals surface area contributed by atoms with Gasteiger partial charge in [0.2, 0.25) is 0 Å². The molecule has 23 heavy (non-hydrogen) atoms. The zero-order chi connectivity index (χ0) is 16.9. The van der Waals surface area contributed by atoms with Gasteiger partial charge < -0.3 is 10.1 Å². The van der Waals surface area contributed by atoms with Crippen LogP contribution in [-0.4, -0.2) is 27.5 Å². The predicted octanol–water partition coefficient (Wildman–Crippen LogP) is 2.70. The largest absolute Gasteiger partial charge is 0.494 e. The Morgan fingerprint density at radius 3 is 2.52 bits per heavy atom. The van der Waals surface area contributed by atoms with Gasteiger partial charge in [0, 0.05) is 17.6 Å². The zero-order valence-electron chi connectivity index (χ0n) is 12.8. The van der Waals surface area contributed by atoms with Crippen LogP contribution in [0.4, 0.5) is 5.69 Å². The van der Waals surface area contributed by atoms with Gasteiger partial charge in [-0.3, -0.25) is 9.52 Å². The fraction of sp³-hybridized carbons (Fsp3) is 0.267. The summed E-state index contributed by atoms with van der Waals surface area (Å²) in [6, 6.07) is 8.00. The maximum absolute atomic E-state index is 12.3. The minimum Gasteiger partial charge on any atom is -0.494 e. The van der Waals surface area contributed by atoms with Crippen molar-refractivity contribution in [3.05, 3.63) is 40.6 Å². The Labute approximate surface area is 139 Å². The number of carbonyl (C=O) groups excluding carboxylic acids is 1. The highest BCUT2D eigenvalue weighted by molar-refractivity contribution is 7.92. The van der Waals surface area contributed by atoms with E-state index in [-0.39, 0.29) is 10.8 Å². The van der Waals surface area contributed by atoms with Crippen LogP contribution in [0.25, 0.3) is 0 Å². The second-order valence-electron chi connectivity index (χ2n) is 4.57. The third kappa shape index (κ3) is 4.46. The molecular weight excluding hydrogens is 336 g/mol. The van der Waals surface area contributed by atoms with E-state index < -0.39 is 10.0 Å². The first-order valence-corrected chi connectivity index (χ1v) is 9.45. The van der Waals surface area contributed by atoms with Crippen molar-refractivity contribution in [2.24, 2.45) is 0 Å². The molecule has 0 fully saturated rings. The highest BCUT2D eigenvalue weighted by atomic mass is 32.2. The molecule has 8 heteroatoms. The number of sulfonamides is 1. The van der Waals surface area contributed by atoms with E-state index in [2.05, 4.69) is 10.0 Å². The molecule has 1 aromatic heterocycles. The summed E-state index contributed by atoms with van der Waals surface area (Å²) in [6.07, 6.45) is 0. The lowest BCUT2D eigenvalue weighted by Crippen LogP contribution is -2.21. The molecule has 1 amide bonds. The summed E-state index contributed by atoms with van der Waals surface area (Å²) in [5.41, 5.74) is 0.430. The number of hydrogen-bond donors (Lipinski definition) is 2. The predicted molar refractivity (Wildman–Crippen MR) is 90.7 cm³/mol. The van der Waals surface area contributed by atoms with E-state index in [1.165, 1.54) is 11.4 Å². The van der Waals surface area contributed by atoms with Gasteiger partial charge >= 0.3 is 0 Å². The van der Waals surface area contributed by atoms with E-state index in [0.29, 0.717) is 29.5 Å². The Bertz CT molecular complexity index is 767. The van der Waals surface area contributed by atoms with Gasteiger partial charge in [0.1, 0.15) is 5.75 Å². The zero-order valence-corrected chi connectivity index (χ0v) is 14.5. The molecule has 0 saturated carbocycles. The molecule has 1 aromatic carbocycles. The van der Waals surface area contributed by atoms with Crippen LogP contribution >= 0.6 is 11.3 Å². The average molecular weight is 354 g/mol. The summed E-state index contributed by atoms with van der Waals surface area (Å²) < 4.78 is 32.5. The molecule has 0 saturated heterocycles. The van der Waals surface area contributed by atoms with Gasteiger partial charge in [-0.25, -0.2) is 8.42 Å². The maximum atomic E-state index is 12.3. The summed E-state index contributed by atoms with van der Waals surface area (Å²) in [6.45, 7) is 4.71. The molecule has 0 unspecified atom stereocenters. The Balaban J connectivity index is 2.14. The molecule has 0 aliphatic heterocycles. The highest BCUT2D eigenvalue weighted by Crippen LogP contribution is 2.23. The van der Waals surface area contributed by atoms with Gasteiger partial charge in [0.05, 0.1) is 16.4 Å². The third-order valence-electron chi connectivity index (χ3n) is 2.86. The Hall–Kier alpha value is -2.06. The summed E-state index contributed by atoms with van der Waals surface area (Å²) in [7, 11) is -3.73. The second kappa shape index (κ2) is 7.47. The first kappa shape index (κ1) is 17.3. The number of benzene rings is 1. The van der Waals surface area contributed by atoms with Crippen molar-refractivity contribution in [2.45, 2.75) is 18.7 Å². The van der Waals surface area contributed by atoms with Crippen LogP contribution in [0.2, 0.25) is 0 Å². The summed E-state index contributed by atoms with van der Waals surface area (Å²) in [5.74, 6) is 0.393. The molecule has 0 atom stereocenters. The molecule has 1 heterocycles. The van der Waals surface area contributed by atoms with Gasteiger partial charge in [-0.15, -0.1) is 11.3 Å². The Morgan fingerprint density at radius 1 is 1.22 bits per heavy atom. The van der Waals surface area contributed by atoms with Crippen molar-refractivity contribution >= 4 is 33.0 Å². The molecule has 0 spiro atoms. The highest BCUT2D eigenvalue weighted by Gasteiger charge is 2.18. The number of ether oxygens (including phenoxy) is 1. The first-order chi connectivity index (χ1) is 11.0. The lowest BCUT2D eigenvalue weighted by Gasteiger charge is -2.08. The van der Waals surface area contributed by atoms with Crippen molar-refractivity contribution < 1.29 is 17.9 Å². The van der Waals surface area contributed by atoms with E-state index in [9.17, 15) is 13.2 Å². The number of nitrogens with one attached hydrogen (secondary N) is 2. The number of hydrogen-bond acceptors (Lipinski definition) is 5. The number of amides is 1. The molecule has 0 aliphatic rings. The van der Waals surface area contributed by atoms with E-state index in [1.807, 2.05) is 6.92 Å². The van der Waals surface area contributed by atoms with Crippen molar-refractivity contribution in [1.82, 2.24) is 5.32 Å². The van der Waals surface area contributed by atoms with Crippen LogP contribution in [-0.2, 0) is 10.0 Å². The fourth-order valence-corrected chi connectivity index (χ4v) is 4.07. The van der Waals surface area contributed by atoms with Gasteiger partial charge in [-0.05, 0) is 44.2 Å². The number of rotatable bonds is 7. The summed E-state index contributed by atoms with van der Waals surface area (Å²) in [4.78, 5) is 12.1. The third-order valence-corrected chi connectivity index (χ3v) is 5.30. The second-order valence-corrected chi connectivity index (χ2v) is 7.16. The molecule has 0 bridgehead atoms. The van der Waals surface area contributed by atoms with Crippen molar-refractivity contribution in [2.75, 3.05) is 17.9 Å². The van der Waals surface area contributed by atoms with Gasteiger partial charge in [0.15, 0.2) is 0 Å². The standard InChI is InChI=1S/C15H18N2O4S2/c1-3-16-15(18)14-9-13(10-22-14)23(19,20)17-11-5-7-12(8-6-11)21-4-2/h5-10,17H,3-4H2,1-2H3,(H,16,18). The summed E-state index contributed by atoms with van der Waals surface area (Å²) in [5, 5.41) is 4.08. The molecule has 124 valence electrons. The molecule has 2 aromatic rings. The van der Waals surface area contributed by atoms with Crippen molar-refractivity contribution in [3.8, 4) is 5.75 Å². The summed E-state index contributed by atoms with van der Waals surface area (Å²) >= 11 is 1.09. The van der Waals surface area contributed by atoms with Crippen molar-refractivity contribution in [1.29, 1.82) is 0 Å². The minimum atomic E-state index is -3.73. The SMILES string of the molecule is CCNC(=O)c1cc(S(=O)(=O)Nc2ccc(OCC)cc2)cs1. The number of thiophene rings is 1. The van der Waals surface area contributed by atoms with Crippen LogP contribution in [0.5, 0.6) is 5.75 Å².